The lowest BCUT2D eigenvalue weighted by atomic mass is 9.81. The zero-order valence-electron chi connectivity index (χ0n) is 11.6. The first-order chi connectivity index (χ1) is 8.42. The highest BCUT2D eigenvalue weighted by Gasteiger charge is 2.31. The molecule has 3 nitrogen and oxygen atoms in total. The molecule has 0 saturated heterocycles. The second-order valence-electron chi connectivity index (χ2n) is 4.96. The van der Waals surface area contributed by atoms with Crippen molar-refractivity contribution in [2.75, 3.05) is 6.26 Å². The number of ketones is 1. The summed E-state index contributed by atoms with van der Waals surface area (Å²) in [5.74, 6) is 0.441. The topological polar surface area (TPSA) is 52.9 Å². The highest BCUT2D eigenvalue weighted by molar-refractivity contribution is 8.02. The van der Waals surface area contributed by atoms with Crippen LogP contribution in [0.1, 0.15) is 34.1 Å². The van der Waals surface area contributed by atoms with Crippen LogP contribution < -0.4 is 5.32 Å². The number of Topliss-reactive ketones (excluding diaryl/α,β-unsaturated/α-hetero) is 1. The van der Waals surface area contributed by atoms with E-state index in [0.717, 1.165) is 22.7 Å². The molecule has 0 aromatic carbocycles. The summed E-state index contributed by atoms with van der Waals surface area (Å²) in [6.07, 6.45) is 2.78. The Labute approximate surface area is 113 Å². The Morgan fingerprint density at radius 1 is 1.56 bits per heavy atom. The molecular formula is C14H20N2OS. The van der Waals surface area contributed by atoms with Crippen LogP contribution in [0.5, 0.6) is 0 Å². The van der Waals surface area contributed by atoms with Gasteiger partial charge >= 0.3 is 0 Å². The minimum absolute atomic E-state index is 0.0542. The zero-order valence-corrected chi connectivity index (χ0v) is 12.4. The number of thioether (sulfide) groups is 1. The first-order valence-electron chi connectivity index (χ1n) is 6.09. The number of carbonyl (C=O) groups excluding carboxylic acids is 1. The molecule has 98 valence electrons. The van der Waals surface area contributed by atoms with Crippen LogP contribution in [0.25, 0.3) is 0 Å². The van der Waals surface area contributed by atoms with Crippen LogP contribution in [0.4, 0.5) is 0 Å². The molecule has 1 aliphatic rings. The van der Waals surface area contributed by atoms with Crippen molar-refractivity contribution in [3.63, 3.8) is 0 Å². The first-order valence-corrected chi connectivity index (χ1v) is 7.31. The van der Waals surface area contributed by atoms with Crippen molar-refractivity contribution in [1.82, 2.24) is 5.32 Å². The van der Waals surface area contributed by atoms with Gasteiger partial charge in [-0.3, -0.25) is 4.79 Å². The molecule has 1 atom stereocenters. The number of nitrogens with zero attached hydrogens (tertiary/aromatic N) is 1. The van der Waals surface area contributed by atoms with Gasteiger partial charge in [0.05, 0.1) is 16.7 Å². The van der Waals surface area contributed by atoms with Gasteiger partial charge in [0.2, 0.25) is 0 Å². The largest absolute Gasteiger partial charge is 0.353 e. The minimum atomic E-state index is -0.0591. The summed E-state index contributed by atoms with van der Waals surface area (Å²) < 4.78 is 0. The van der Waals surface area contributed by atoms with Crippen LogP contribution in [0.2, 0.25) is 0 Å². The van der Waals surface area contributed by atoms with Gasteiger partial charge in [0.25, 0.3) is 0 Å². The molecule has 0 aromatic heterocycles. The van der Waals surface area contributed by atoms with Gasteiger partial charge in [-0.1, -0.05) is 13.8 Å². The number of hydrogen-bond acceptors (Lipinski definition) is 4. The van der Waals surface area contributed by atoms with Gasteiger partial charge in [-0.2, -0.15) is 5.26 Å². The van der Waals surface area contributed by atoms with E-state index in [-0.39, 0.29) is 11.7 Å². The van der Waals surface area contributed by atoms with E-state index in [1.807, 2.05) is 13.2 Å². The molecule has 0 fully saturated rings. The highest BCUT2D eigenvalue weighted by atomic mass is 32.2. The molecular weight excluding hydrogens is 244 g/mol. The number of rotatable bonds is 4. The van der Waals surface area contributed by atoms with E-state index < -0.39 is 0 Å². The molecule has 0 spiro atoms. The Kier molecular flexibility index (Phi) is 5.03. The van der Waals surface area contributed by atoms with Crippen LogP contribution >= 0.6 is 11.8 Å². The van der Waals surface area contributed by atoms with E-state index in [2.05, 4.69) is 25.2 Å². The van der Waals surface area contributed by atoms with Crippen molar-refractivity contribution < 1.29 is 4.79 Å². The Bertz CT molecular complexity index is 455. The fraction of sp³-hybridized carbons (Fsp3) is 0.571. The van der Waals surface area contributed by atoms with Crippen molar-refractivity contribution in [2.24, 2.45) is 11.8 Å². The third-order valence-corrected chi connectivity index (χ3v) is 3.79. The summed E-state index contributed by atoms with van der Waals surface area (Å²) in [6, 6.07) is 2.28. The second-order valence-corrected chi connectivity index (χ2v) is 5.78. The standard InChI is InChI=1S/C14H20N2OS/c1-8(2)6-11-12(7-15)14(18-5)16-9(3)13(11)10(4)17/h8,11,16H,6H2,1-5H3/t11-/m0/s1. The van der Waals surface area contributed by atoms with E-state index in [1.54, 1.807) is 6.92 Å². The van der Waals surface area contributed by atoms with E-state index in [9.17, 15) is 10.1 Å². The molecule has 1 rings (SSSR count). The normalized spacial score (nSPS) is 19.9. The van der Waals surface area contributed by atoms with Crippen molar-refractivity contribution in [3.05, 3.63) is 21.9 Å². The zero-order chi connectivity index (χ0) is 13.9. The summed E-state index contributed by atoms with van der Waals surface area (Å²) in [4.78, 5) is 11.8. The van der Waals surface area contributed by atoms with Crippen molar-refractivity contribution in [3.8, 4) is 6.07 Å². The van der Waals surface area contributed by atoms with Crippen molar-refractivity contribution in [1.29, 1.82) is 5.26 Å². The Morgan fingerprint density at radius 2 is 2.17 bits per heavy atom. The summed E-state index contributed by atoms with van der Waals surface area (Å²) in [5.41, 5.74) is 2.35. The maximum Gasteiger partial charge on any atom is 0.158 e. The molecule has 4 heteroatoms. The van der Waals surface area contributed by atoms with Crippen LogP contribution in [0.3, 0.4) is 0 Å². The molecule has 18 heavy (non-hydrogen) atoms. The molecule has 0 aliphatic carbocycles. The molecule has 1 N–H and O–H groups in total. The van der Waals surface area contributed by atoms with Gasteiger partial charge in [0, 0.05) is 17.2 Å². The lowest BCUT2D eigenvalue weighted by molar-refractivity contribution is -0.114. The molecule has 0 amide bonds. The summed E-state index contributed by atoms with van der Waals surface area (Å²) in [5, 5.41) is 13.4. The predicted octanol–water partition coefficient (Wildman–Crippen LogP) is 3.21. The third-order valence-electron chi connectivity index (χ3n) is 3.06. The van der Waals surface area contributed by atoms with Gasteiger partial charge in [-0.25, -0.2) is 0 Å². The molecule has 0 saturated carbocycles. The monoisotopic (exact) mass is 264 g/mol. The number of carbonyl (C=O) groups is 1. The number of allylic oxidation sites excluding steroid dienone is 3. The van der Waals surface area contributed by atoms with Gasteiger partial charge in [0.1, 0.15) is 0 Å². The Balaban J connectivity index is 3.28. The van der Waals surface area contributed by atoms with Crippen LogP contribution in [0.15, 0.2) is 21.9 Å². The average molecular weight is 264 g/mol. The quantitative estimate of drug-likeness (QED) is 0.847. The lowest BCUT2D eigenvalue weighted by Crippen LogP contribution is -2.28. The van der Waals surface area contributed by atoms with Gasteiger partial charge in [-0.05, 0) is 32.4 Å². The Morgan fingerprint density at radius 3 is 2.56 bits per heavy atom. The first kappa shape index (κ1) is 14.8. The van der Waals surface area contributed by atoms with E-state index >= 15 is 0 Å². The van der Waals surface area contributed by atoms with E-state index in [4.69, 9.17) is 0 Å². The Hall–Kier alpha value is -1.21. The molecule has 0 radical (unpaired) electrons. The van der Waals surface area contributed by atoms with Crippen LogP contribution in [-0.4, -0.2) is 12.0 Å². The number of dihydropyridines is 1. The highest BCUT2D eigenvalue weighted by Crippen LogP contribution is 2.36. The van der Waals surface area contributed by atoms with Gasteiger partial charge in [-0.15, -0.1) is 11.8 Å². The number of hydrogen-bond donors (Lipinski definition) is 1. The van der Waals surface area contributed by atoms with Crippen molar-refractivity contribution in [2.45, 2.75) is 34.1 Å². The minimum Gasteiger partial charge on any atom is -0.353 e. The van der Waals surface area contributed by atoms with E-state index in [1.165, 1.54) is 11.8 Å². The molecule has 1 aliphatic heterocycles. The summed E-state index contributed by atoms with van der Waals surface area (Å²) >= 11 is 1.53. The summed E-state index contributed by atoms with van der Waals surface area (Å²) in [7, 11) is 0. The van der Waals surface area contributed by atoms with Gasteiger partial charge < -0.3 is 5.32 Å². The number of nitrogens with one attached hydrogen (secondary N) is 1. The van der Waals surface area contributed by atoms with Crippen molar-refractivity contribution >= 4 is 17.5 Å². The van der Waals surface area contributed by atoms with Gasteiger partial charge in [0.15, 0.2) is 5.78 Å². The lowest BCUT2D eigenvalue weighted by Gasteiger charge is -2.29. The summed E-state index contributed by atoms with van der Waals surface area (Å²) in [6.45, 7) is 7.72. The van der Waals surface area contributed by atoms with Crippen LogP contribution in [0, 0.1) is 23.2 Å². The molecule has 1 heterocycles. The molecule has 0 bridgehead atoms. The van der Waals surface area contributed by atoms with E-state index in [0.29, 0.717) is 11.5 Å². The number of nitriles is 1. The molecule has 0 unspecified atom stereocenters. The van der Waals surface area contributed by atoms with Crippen LogP contribution in [-0.2, 0) is 4.79 Å². The molecule has 0 aromatic rings. The predicted molar refractivity (Wildman–Crippen MR) is 75.6 cm³/mol. The second kappa shape index (κ2) is 6.10. The SMILES string of the molecule is CSC1=C(C#N)[C@H](CC(C)C)C(C(C)=O)=C(C)N1. The smallest absolute Gasteiger partial charge is 0.158 e. The fourth-order valence-electron chi connectivity index (χ4n) is 2.38. The third kappa shape index (κ3) is 2.97. The average Bonchev–Trinajstić information content (AvgIpc) is 2.26. The fourth-order valence-corrected chi connectivity index (χ4v) is 3.04. The maximum absolute atomic E-state index is 11.8. The maximum atomic E-state index is 11.8.